The van der Waals surface area contributed by atoms with Crippen LogP contribution in [0.2, 0.25) is 10.0 Å². The summed E-state index contributed by atoms with van der Waals surface area (Å²) in [5, 5.41) is 9.21. The van der Waals surface area contributed by atoms with Crippen LogP contribution >= 0.6 is 23.2 Å². The summed E-state index contributed by atoms with van der Waals surface area (Å²) >= 11 is 12.4. The van der Waals surface area contributed by atoms with Crippen LogP contribution in [0.3, 0.4) is 0 Å². The Morgan fingerprint density at radius 2 is 1.51 bits per heavy atom. The van der Waals surface area contributed by atoms with Crippen molar-refractivity contribution in [1.29, 1.82) is 0 Å². The summed E-state index contributed by atoms with van der Waals surface area (Å²) in [5.74, 6) is -0.196. The highest BCUT2D eigenvalue weighted by molar-refractivity contribution is 6.39. The Hall–Kier alpha value is -4.00. The van der Waals surface area contributed by atoms with E-state index in [1.807, 2.05) is 42.5 Å². The van der Waals surface area contributed by atoms with Gasteiger partial charge in [-0.1, -0.05) is 83.9 Å². The lowest BCUT2D eigenvalue weighted by Gasteiger charge is -2.32. The molecule has 0 bridgehead atoms. The van der Waals surface area contributed by atoms with E-state index < -0.39 is 6.03 Å². The van der Waals surface area contributed by atoms with Crippen LogP contribution in [0.15, 0.2) is 91.0 Å². The van der Waals surface area contributed by atoms with Gasteiger partial charge >= 0.3 is 6.03 Å². The second kappa shape index (κ2) is 12.2. The molecule has 5 rings (SSSR count). The van der Waals surface area contributed by atoms with Crippen molar-refractivity contribution in [3.8, 4) is 0 Å². The first-order chi connectivity index (χ1) is 19.0. The number of rotatable bonds is 7. The van der Waals surface area contributed by atoms with E-state index in [0.29, 0.717) is 40.1 Å². The average Bonchev–Trinajstić information content (AvgIpc) is 2.95. The zero-order chi connectivity index (χ0) is 27.2. The first-order valence-corrected chi connectivity index (χ1v) is 13.5. The third-order valence-electron chi connectivity index (χ3n) is 6.71. The fraction of sp³-hybridized carbons (Fsp3) is 0.161. The Morgan fingerprint density at radius 1 is 0.795 bits per heavy atom. The number of nitrogens with one attached hydrogen (secondary N) is 3. The Labute approximate surface area is 237 Å². The van der Waals surface area contributed by atoms with E-state index >= 15 is 0 Å². The van der Waals surface area contributed by atoms with Gasteiger partial charge in [0.05, 0.1) is 21.3 Å². The molecule has 0 aliphatic carbocycles. The smallest absolute Gasteiger partial charge is 0.323 e. The van der Waals surface area contributed by atoms with Gasteiger partial charge in [0.1, 0.15) is 0 Å². The summed E-state index contributed by atoms with van der Waals surface area (Å²) in [5.41, 5.74) is 5.84. The van der Waals surface area contributed by atoms with Crippen molar-refractivity contribution in [2.45, 2.75) is 19.4 Å². The molecule has 1 aliphatic heterocycles. The summed E-state index contributed by atoms with van der Waals surface area (Å²) in [6.07, 6.45) is 1.62. The number of amides is 3. The van der Waals surface area contributed by atoms with Crippen LogP contribution in [0.25, 0.3) is 0 Å². The van der Waals surface area contributed by atoms with Crippen LogP contribution in [0.5, 0.6) is 0 Å². The Kier molecular flexibility index (Phi) is 8.35. The number of fused-ring (bicyclic) bond motifs is 1. The molecule has 0 saturated heterocycles. The fourth-order valence-corrected chi connectivity index (χ4v) is 5.22. The molecule has 0 fully saturated rings. The largest absolute Gasteiger partial charge is 0.366 e. The second-order valence-corrected chi connectivity index (χ2v) is 10.2. The van der Waals surface area contributed by atoms with Crippen molar-refractivity contribution >= 4 is 52.2 Å². The quantitative estimate of drug-likeness (QED) is 0.225. The molecule has 1 aliphatic rings. The molecule has 0 spiro atoms. The molecule has 0 unspecified atom stereocenters. The molecular formula is C31H28Cl2N4O2. The van der Waals surface area contributed by atoms with Gasteiger partial charge in [0.2, 0.25) is 0 Å². The molecule has 39 heavy (non-hydrogen) atoms. The van der Waals surface area contributed by atoms with Gasteiger partial charge < -0.3 is 20.9 Å². The maximum Gasteiger partial charge on any atom is 0.323 e. The average molecular weight is 559 g/mol. The van der Waals surface area contributed by atoms with Gasteiger partial charge in [-0.15, -0.1) is 0 Å². The van der Waals surface area contributed by atoms with Gasteiger partial charge in [-0.05, 0) is 59.9 Å². The highest BCUT2D eigenvalue weighted by Crippen LogP contribution is 2.31. The third kappa shape index (κ3) is 6.53. The van der Waals surface area contributed by atoms with Gasteiger partial charge in [0.15, 0.2) is 0 Å². The van der Waals surface area contributed by atoms with E-state index in [1.54, 1.807) is 30.3 Å². The van der Waals surface area contributed by atoms with Gasteiger partial charge in [-0.2, -0.15) is 0 Å². The fourth-order valence-electron chi connectivity index (χ4n) is 4.73. The first kappa shape index (κ1) is 26.6. The number of urea groups is 1. The first-order valence-electron chi connectivity index (χ1n) is 12.8. The van der Waals surface area contributed by atoms with Crippen molar-refractivity contribution in [2.24, 2.45) is 0 Å². The molecule has 4 aromatic rings. The molecular weight excluding hydrogens is 531 g/mol. The zero-order valence-electron chi connectivity index (χ0n) is 21.2. The van der Waals surface area contributed by atoms with Crippen LogP contribution < -0.4 is 20.9 Å². The number of benzene rings is 4. The van der Waals surface area contributed by atoms with E-state index in [0.717, 1.165) is 30.6 Å². The minimum absolute atomic E-state index is 0.196. The second-order valence-electron chi connectivity index (χ2n) is 9.34. The number of hydrogen-bond donors (Lipinski definition) is 3. The molecule has 0 saturated carbocycles. The van der Waals surface area contributed by atoms with Gasteiger partial charge in [-0.3, -0.25) is 4.79 Å². The van der Waals surface area contributed by atoms with E-state index in [1.165, 1.54) is 11.1 Å². The molecule has 0 atom stereocenters. The Balaban J connectivity index is 1.36. The predicted molar refractivity (Wildman–Crippen MR) is 159 cm³/mol. The molecule has 8 heteroatoms. The topological polar surface area (TPSA) is 73.5 Å². The third-order valence-corrected chi connectivity index (χ3v) is 7.34. The minimum atomic E-state index is -0.514. The number of nitrogens with zero attached hydrogens (tertiary/aromatic N) is 1. The van der Waals surface area contributed by atoms with Crippen molar-refractivity contribution in [2.75, 3.05) is 28.6 Å². The number of hydrogen-bond acceptors (Lipinski definition) is 3. The maximum atomic E-state index is 13.5. The highest BCUT2D eigenvalue weighted by atomic mass is 35.5. The zero-order valence-corrected chi connectivity index (χ0v) is 22.7. The minimum Gasteiger partial charge on any atom is -0.366 e. The van der Waals surface area contributed by atoms with Gasteiger partial charge in [0, 0.05) is 31.0 Å². The summed E-state index contributed by atoms with van der Waals surface area (Å²) < 4.78 is 0. The monoisotopic (exact) mass is 558 g/mol. The van der Waals surface area contributed by atoms with Gasteiger partial charge in [0.25, 0.3) is 5.91 Å². The molecule has 1 heterocycles. The lowest BCUT2D eigenvalue weighted by Crippen LogP contribution is -2.33. The van der Waals surface area contributed by atoms with E-state index in [9.17, 15) is 9.59 Å². The number of carbonyl (C=O) groups excluding carboxylic acids is 2. The van der Waals surface area contributed by atoms with E-state index in [2.05, 4.69) is 39.0 Å². The molecule has 3 amide bonds. The van der Waals surface area contributed by atoms with Crippen LogP contribution in [-0.4, -0.2) is 25.0 Å². The number of carbonyl (C=O) groups is 2. The van der Waals surface area contributed by atoms with Crippen LogP contribution in [0.1, 0.15) is 27.0 Å². The van der Waals surface area contributed by atoms with Crippen molar-refractivity contribution in [3.63, 3.8) is 0 Å². The van der Waals surface area contributed by atoms with Crippen molar-refractivity contribution in [3.05, 3.63) is 123 Å². The van der Waals surface area contributed by atoms with E-state index in [4.69, 9.17) is 23.2 Å². The van der Waals surface area contributed by atoms with Crippen LogP contribution in [0.4, 0.5) is 21.9 Å². The van der Waals surface area contributed by atoms with Crippen LogP contribution in [0, 0.1) is 0 Å². The van der Waals surface area contributed by atoms with Crippen molar-refractivity contribution in [1.82, 2.24) is 5.32 Å². The normalized spacial score (nSPS) is 12.4. The molecule has 0 aromatic heterocycles. The summed E-state index contributed by atoms with van der Waals surface area (Å²) in [6, 6.07) is 28.3. The lowest BCUT2D eigenvalue weighted by molar-refractivity contribution is 0.0954. The summed E-state index contributed by atoms with van der Waals surface area (Å²) in [4.78, 5) is 28.4. The Morgan fingerprint density at radius 3 is 2.28 bits per heavy atom. The lowest BCUT2D eigenvalue weighted by atomic mass is 9.98. The number of halogens is 2. The van der Waals surface area contributed by atoms with Gasteiger partial charge in [-0.25, -0.2) is 4.79 Å². The SMILES string of the molecule is O=C(Nc1ccc(N2CCc3ccccc3C2)c(C(=O)NCCc2ccccc2)c1)Nc1c(Cl)cccc1Cl. The molecule has 6 nitrogen and oxygen atoms in total. The summed E-state index contributed by atoms with van der Waals surface area (Å²) in [7, 11) is 0. The predicted octanol–water partition coefficient (Wildman–Crippen LogP) is 7.17. The Bertz CT molecular complexity index is 1470. The number of para-hydroxylation sites is 1. The van der Waals surface area contributed by atoms with Crippen molar-refractivity contribution < 1.29 is 9.59 Å². The summed E-state index contributed by atoms with van der Waals surface area (Å²) in [6.45, 7) is 1.99. The van der Waals surface area contributed by atoms with Crippen LogP contribution in [-0.2, 0) is 19.4 Å². The molecule has 4 aromatic carbocycles. The number of anilines is 3. The molecule has 198 valence electrons. The highest BCUT2D eigenvalue weighted by Gasteiger charge is 2.22. The molecule has 0 radical (unpaired) electrons. The molecule has 3 N–H and O–H groups in total. The maximum absolute atomic E-state index is 13.5. The van der Waals surface area contributed by atoms with E-state index in [-0.39, 0.29) is 5.91 Å². The standard InChI is InChI=1S/C31H28Cl2N4O2/c32-26-11-6-12-27(33)29(26)36-31(39)35-24-13-14-28(37-18-16-22-9-4-5-10-23(22)20-37)25(19-24)30(38)34-17-15-21-7-2-1-3-8-21/h1-14,19H,15-18,20H2,(H,34,38)(H2,35,36,39).